The number of allylic oxidation sites excluding steroid dienone is 6. The fourth-order valence-electron chi connectivity index (χ4n) is 6.88. The smallest absolute Gasteiger partial charge is 0.331 e. The van der Waals surface area contributed by atoms with Crippen LogP contribution in [0.5, 0.6) is 0 Å². The lowest BCUT2D eigenvalue weighted by Crippen LogP contribution is -2.63. The van der Waals surface area contributed by atoms with Crippen LogP contribution < -0.4 is 0 Å². The topological polar surface area (TPSA) is 108 Å². The van der Waals surface area contributed by atoms with Gasteiger partial charge in [0.25, 0.3) is 0 Å². The highest BCUT2D eigenvalue weighted by Gasteiger charge is 2.71. The van der Waals surface area contributed by atoms with E-state index in [1.165, 1.54) is 26.3 Å². The lowest BCUT2D eigenvalue weighted by Gasteiger charge is -2.60. The van der Waals surface area contributed by atoms with Gasteiger partial charge in [0.2, 0.25) is 12.6 Å². The molecule has 0 amide bonds. The molecular weight excluding hydrogens is 536 g/mol. The van der Waals surface area contributed by atoms with Gasteiger partial charge in [-0.3, -0.25) is 14.3 Å². The van der Waals surface area contributed by atoms with Gasteiger partial charge < -0.3 is 19.3 Å². The molecule has 0 bridgehead atoms. The van der Waals surface area contributed by atoms with Crippen LogP contribution in [0.3, 0.4) is 0 Å². The van der Waals surface area contributed by atoms with Crippen LogP contribution >= 0.6 is 0 Å². The number of unbranched alkanes of at least 4 members (excludes halogenated alkanes) is 3. The molecule has 0 aromatic rings. The van der Waals surface area contributed by atoms with E-state index in [0.29, 0.717) is 24.8 Å². The quantitative estimate of drug-likeness (QED) is 0.0715. The van der Waals surface area contributed by atoms with Gasteiger partial charge in [0, 0.05) is 25.5 Å². The molecule has 42 heavy (non-hydrogen) atoms. The third-order valence-electron chi connectivity index (χ3n) is 9.30. The first kappa shape index (κ1) is 33.5. The predicted molar refractivity (Wildman–Crippen MR) is 160 cm³/mol. The Bertz CT molecular complexity index is 1130. The Morgan fingerprint density at radius 3 is 2.45 bits per heavy atom. The molecule has 1 aliphatic heterocycles. The van der Waals surface area contributed by atoms with Crippen molar-refractivity contribution in [3.05, 3.63) is 60.3 Å². The third kappa shape index (κ3) is 7.14. The molecule has 0 aromatic heterocycles. The summed E-state index contributed by atoms with van der Waals surface area (Å²) in [6.07, 6.45) is 14.3. The van der Waals surface area contributed by atoms with E-state index in [1.54, 1.807) is 18.2 Å². The lowest BCUT2D eigenvalue weighted by molar-refractivity contribution is -0.253. The van der Waals surface area contributed by atoms with E-state index in [0.717, 1.165) is 24.8 Å². The fraction of sp³-hybridized carbons (Fsp3) is 0.618. The van der Waals surface area contributed by atoms with Crippen molar-refractivity contribution in [3.8, 4) is 0 Å². The maximum absolute atomic E-state index is 12.9. The Labute approximate surface area is 250 Å². The maximum atomic E-state index is 12.9. The standard InChI is InChI=1S/C34H48O8/c1-8-10-11-12-13-14-15-16-30(38)41-26-20-27-31(39-24(5)35)42-32(40-25(6)36)34(27)28(21-26)33(7,18-17-22(3)9-2)23(4)19-29(34)37/h9,13-17,20,23,26,28-29,31-32,37H,2,8,10-12,18-19,21H2,1,3-7H3/b14-13+,16-15-,22-17+/t23-,26-,28-,29?,31-,32+,33-,34-/m1/s1. The number of rotatable bonds is 12. The van der Waals surface area contributed by atoms with E-state index in [9.17, 15) is 19.5 Å². The average Bonchev–Trinajstić information content (AvgIpc) is 3.21. The van der Waals surface area contributed by atoms with Crippen LogP contribution in [0.2, 0.25) is 0 Å². The van der Waals surface area contributed by atoms with Gasteiger partial charge in [-0.25, -0.2) is 4.79 Å². The van der Waals surface area contributed by atoms with E-state index in [1.807, 2.05) is 19.1 Å². The molecule has 8 nitrogen and oxygen atoms in total. The summed E-state index contributed by atoms with van der Waals surface area (Å²) in [5, 5.41) is 11.8. The molecule has 0 aromatic carbocycles. The van der Waals surface area contributed by atoms with Crippen molar-refractivity contribution in [2.24, 2.45) is 22.7 Å². The van der Waals surface area contributed by atoms with Crippen molar-refractivity contribution >= 4 is 17.9 Å². The molecule has 8 atom stereocenters. The van der Waals surface area contributed by atoms with Gasteiger partial charge in [0.1, 0.15) is 6.10 Å². The van der Waals surface area contributed by atoms with Gasteiger partial charge in [0.15, 0.2) is 0 Å². The summed E-state index contributed by atoms with van der Waals surface area (Å²) in [4.78, 5) is 37.2. The molecule has 3 aliphatic rings. The van der Waals surface area contributed by atoms with Crippen molar-refractivity contribution in [2.75, 3.05) is 0 Å². The van der Waals surface area contributed by atoms with Crippen molar-refractivity contribution in [2.45, 2.75) is 111 Å². The number of ether oxygens (including phenoxy) is 4. The minimum Gasteiger partial charge on any atom is -0.455 e. The first-order valence-electron chi connectivity index (χ1n) is 15.1. The van der Waals surface area contributed by atoms with Crippen LogP contribution in [-0.4, -0.2) is 47.8 Å². The molecule has 1 N–H and O–H groups in total. The summed E-state index contributed by atoms with van der Waals surface area (Å²) < 4.78 is 23.3. The summed E-state index contributed by atoms with van der Waals surface area (Å²) in [6.45, 7) is 14.8. The molecular formula is C34H48O8. The van der Waals surface area contributed by atoms with Crippen LogP contribution in [0.25, 0.3) is 0 Å². The highest BCUT2D eigenvalue weighted by molar-refractivity contribution is 5.82. The average molecular weight is 585 g/mol. The number of hydrogen-bond donors (Lipinski definition) is 1. The number of carbonyl (C=O) groups is 3. The zero-order valence-corrected chi connectivity index (χ0v) is 26.0. The predicted octanol–water partition coefficient (Wildman–Crippen LogP) is 6.26. The molecule has 0 radical (unpaired) electrons. The van der Waals surface area contributed by atoms with Crippen molar-refractivity contribution in [1.82, 2.24) is 0 Å². The Balaban J connectivity index is 2.05. The Hall–Kier alpha value is -2.97. The van der Waals surface area contributed by atoms with Gasteiger partial charge in [-0.05, 0) is 62.4 Å². The normalized spacial score (nSPS) is 34.5. The minimum absolute atomic E-state index is 0.0520. The van der Waals surface area contributed by atoms with E-state index >= 15 is 0 Å². The fourth-order valence-corrected chi connectivity index (χ4v) is 6.88. The van der Waals surface area contributed by atoms with Crippen LogP contribution in [0, 0.1) is 22.7 Å². The largest absolute Gasteiger partial charge is 0.455 e. The van der Waals surface area contributed by atoms with Crippen LogP contribution in [0.15, 0.2) is 60.3 Å². The van der Waals surface area contributed by atoms with Crippen molar-refractivity contribution in [1.29, 1.82) is 0 Å². The van der Waals surface area contributed by atoms with Gasteiger partial charge in [-0.15, -0.1) is 0 Å². The summed E-state index contributed by atoms with van der Waals surface area (Å²) in [5.41, 5.74) is -0.142. The Kier molecular flexibility index (Phi) is 11.6. The van der Waals surface area contributed by atoms with Crippen molar-refractivity contribution < 1.29 is 38.4 Å². The number of aliphatic hydroxyl groups is 1. The van der Waals surface area contributed by atoms with Gasteiger partial charge in [-0.2, -0.15) is 0 Å². The lowest BCUT2D eigenvalue weighted by atomic mass is 9.45. The second-order valence-corrected chi connectivity index (χ2v) is 12.1. The van der Waals surface area contributed by atoms with Gasteiger partial charge >= 0.3 is 17.9 Å². The van der Waals surface area contributed by atoms with Crippen molar-refractivity contribution in [3.63, 3.8) is 0 Å². The van der Waals surface area contributed by atoms with E-state index in [4.69, 9.17) is 18.9 Å². The van der Waals surface area contributed by atoms with Gasteiger partial charge in [-0.1, -0.05) is 76.1 Å². The first-order chi connectivity index (χ1) is 19.9. The van der Waals surface area contributed by atoms with Crippen LogP contribution in [0.4, 0.5) is 0 Å². The molecule has 1 unspecified atom stereocenters. The summed E-state index contributed by atoms with van der Waals surface area (Å²) in [7, 11) is 0. The number of aliphatic hydroxyl groups excluding tert-OH is 1. The van der Waals surface area contributed by atoms with E-state index in [2.05, 4.69) is 33.4 Å². The molecule has 232 valence electrons. The maximum Gasteiger partial charge on any atom is 0.331 e. The van der Waals surface area contributed by atoms with E-state index in [-0.39, 0.29) is 11.8 Å². The first-order valence-corrected chi connectivity index (χ1v) is 15.1. The second-order valence-electron chi connectivity index (χ2n) is 12.1. The van der Waals surface area contributed by atoms with E-state index < -0.39 is 53.5 Å². The minimum atomic E-state index is -1.20. The Morgan fingerprint density at radius 2 is 1.81 bits per heavy atom. The highest BCUT2D eigenvalue weighted by atomic mass is 16.8. The number of carbonyl (C=O) groups excluding carboxylic acids is 3. The third-order valence-corrected chi connectivity index (χ3v) is 9.30. The summed E-state index contributed by atoms with van der Waals surface area (Å²) in [5.74, 6) is -1.98. The zero-order valence-electron chi connectivity index (χ0n) is 26.0. The highest BCUT2D eigenvalue weighted by Crippen LogP contribution is 2.67. The monoisotopic (exact) mass is 584 g/mol. The zero-order chi connectivity index (χ0) is 31.1. The molecule has 2 fully saturated rings. The number of hydrogen-bond acceptors (Lipinski definition) is 8. The molecule has 1 spiro atoms. The molecule has 2 aliphatic carbocycles. The van der Waals surface area contributed by atoms with Gasteiger partial charge in [0.05, 0.1) is 11.5 Å². The summed E-state index contributed by atoms with van der Waals surface area (Å²) in [6, 6.07) is 0. The molecule has 1 heterocycles. The summed E-state index contributed by atoms with van der Waals surface area (Å²) >= 11 is 0. The number of esters is 3. The van der Waals surface area contributed by atoms with Crippen LogP contribution in [0.1, 0.15) is 86.5 Å². The molecule has 3 rings (SSSR count). The SMILES string of the molecule is C=C/C(C)=C/C[C@]1(C)[C@H](C)CC(O)[C@@]23C(=C[C@@H](OC(=O)/C=C\C=C\CCCCC)C[C@H]12)[C@H](OC(C)=O)O[C@@H]3OC(C)=O. The Morgan fingerprint density at radius 1 is 1.10 bits per heavy atom. The molecule has 8 heteroatoms. The second kappa shape index (κ2) is 14.5. The van der Waals surface area contributed by atoms with Crippen LogP contribution in [-0.2, 0) is 33.3 Å². The molecule has 1 saturated carbocycles. The molecule has 1 saturated heterocycles.